The minimum atomic E-state index is -0.185. The topological polar surface area (TPSA) is 77.9 Å². The van der Waals surface area contributed by atoms with Gasteiger partial charge >= 0.3 is 0 Å². The quantitative estimate of drug-likeness (QED) is 0.495. The number of carbonyl (C=O) groups is 1. The largest absolute Gasteiger partial charge is 0.322 e. The fourth-order valence-corrected chi connectivity index (χ4v) is 1.84. The summed E-state index contributed by atoms with van der Waals surface area (Å²) in [7, 11) is 0. The van der Waals surface area contributed by atoms with E-state index in [0.717, 1.165) is 11.1 Å². The summed E-state index contributed by atoms with van der Waals surface area (Å²) in [5, 5.41) is 6.36. The van der Waals surface area contributed by atoms with Crippen LogP contribution in [-0.4, -0.2) is 5.91 Å². The number of benzene rings is 2. The Labute approximate surface area is 116 Å². The fraction of sp³-hybridized carbons (Fsp3) is 0.133. The number of azide groups is 1. The Bertz CT molecular complexity index is 703. The zero-order valence-corrected chi connectivity index (χ0v) is 11.3. The summed E-state index contributed by atoms with van der Waals surface area (Å²) in [4.78, 5) is 14.9. The van der Waals surface area contributed by atoms with Gasteiger partial charge < -0.3 is 5.32 Å². The number of amides is 1. The number of aryl methyl sites for hydroxylation is 2. The van der Waals surface area contributed by atoms with Crippen molar-refractivity contribution < 1.29 is 4.79 Å². The van der Waals surface area contributed by atoms with E-state index in [1.54, 1.807) is 24.3 Å². The summed E-state index contributed by atoms with van der Waals surface area (Å²) in [5.41, 5.74) is 12.1. The number of hydrogen-bond acceptors (Lipinski definition) is 2. The third kappa shape index (κ3) is 3.16. The van der Waals surface area contributed by atoms with Gasteiger partial charge in [-0.05, 0) is 43.1 Å². The van der Waals surface area contributed by atoms with Crippen molar-refractivity contribution in [1.29, 1.82) is 0 Å². The number of hydrogen-bond donors (Lipinski definition) is 1. The van der Waals surface area contributed by atoms with Crippen LogP contribution in [0, 0.1) is 13.8 Å². The molecule has 2 aromatic carbocycles. The second-order valence-electron chi connectivity index (χ2n) is 4.51. The Morgan fingerprint density at radius 3 is 2.70 bits per heavy atom. The van der Waals surface area contributed by atoms with Crippen LogP contribution in [0.25, 0.3) is 10.4 Å². The van der Waals surface area contributed by atoms with Crippen molar-refractivity contribution in [3.63, 3.8) is 0 Å². The minimum absolute atomic E-state index is 0.185. The maximum Gasteiger partial charge on any atom is 0.255 e. The second-order valence-corrected chi connectivity index (χ2v) is 4.51. The molecule has 5 heteroatoms. The van der Waals surface area contributed by atoms with E-state index in [2.05, 4.69) is 15.3 Å². The maximum atomic E-state index is 12.2. The van der Waals surface area contributed by atoms with Crippen LogP contribution < -0.4 is 5.32 Å². The summed E-state index contributed by atoms with van der Waals surface area (Å²) in [6.45, 7) is 3.82. The Hall–Kier alpha value is -2.78. The summed E-state index contributed by atoms with van der Waals surface area (Å²) in [5.74, 6) is -0.185. The molecule has 0 atom stereocenters. The van der Waals surface area contributed by atoms with Crippen molar-refractivity contribution in [2.45, 2.75) is 13.8 Å². The van der Waals surface area contributed by atoms with E-state index in [1.807, 2.05) is 32.0 Å². The lowest BCUT2D eigenvalue weighted by atomic mass is 10.1. The van der Waals surface area contributed by atoms with Gasteiger partial charge in [0.15, 0.2) is 0 Å². The molecule has 0 heterocycles. The molecule has 0 spiro atoms. The highest BCUT2D eigenvalue weighted by Gasteiger charge is 2.08. The number of rotatable bonds is 3. The lowest BCUT2D eigenvalue weighted by molar-refractivity contribution is 0.102. The molecule has 0 aliphatic heterocycles. The number of anilines is 1. The first kappa shape index (κ1) is 13.6. The number of nitrogens with one attached hydrogen (secondary N) is 1. The van der Waals surface area contributed by atoms with E-state index in [4.69, 9.17) is 5.53 Å². The maximum absolute atomic E-state index is 12.2. The van der Waals surface area contributed by atoms with Crippen molar-refractivity contribution in [3.8, 4) is 0 Å². The summed E-state index contributed by atoms with van der Waals surface area (Å²) in [6.07, 6.45) is 0. The molecule has 0 saturated heterocycles. The molecule has 100 valence electrons. The van der Waals surface area contributed by atoms with Gasteiger partial charge in [0.05, 0.1) is 0 Å². The zero-order chi connectivity index (χ0) is 14.5. The third-order valence-corrected chi connectivity index (χ3v) is 2.91. The molecule has 0 aliphatic rings. The van der Waals surface area contributed by atoms with E-state index in [-0.39, 0.29) is 5.91 Å². The molecular weight excluding hydrogens is 252 g/mol. The predicted molar refractivity (Wildman–Crippen MR) is 79.1 cm³/mol. The second kappa shape index (κ2) is 5.91. The van der Waals surface area contributed by atoms with E-state index in [1.165, 1.54) is 0 Å². The average Bonchev–Trinajstić information content (AvgIpc) is 2.43. The van der Waals surface area contributed by atoms with Crippen molar-refractivity contribution >= 4 is 17.3 Å². The monoisotopic (exact) mass is 266 g/mol. The first-order valence-corrected chi connectivity index (χ1v) is 6.14. The molecule has 1 amide bonds. The van der Waals surface area contributed by atoms with E-state index >= 15 is 0 Å². The average molecular weight is 266 g/mol. The summed E-state index contributed by atoms with van der Waals surface area (Å²) in [6, 6.07) is 12.5. The van der Waals surface area contributed by atoms with Crippen LogP contribution >= 0.6 is 0 Å². The van der Waals surface area contributed by atoms with Gasteiger partial charge in [-0.3, -0.25) is 4.79 Å². The SMILES string of the molecule is Cc1cccc(C(=O)Nc2cc(N=[N+]=[N-])ccc2C)c1. The lowest BCUT2D eigenvalue weighted by Crippen LogP contribution is -2.12. The van der Waals surface area contributed by atoms with Crippen molar-refractivity contribution in [2.75, 3.05) is 5.32 Å². The van der Waals surface area contributed by atoms with Gasteiger partial charge in [-0.15, -0.1) is 0 Å². The predicted octanol–water partition coefficient (Wildman–Crippen LogP) is 4.50. The molecule has 0 unspecified atom stereocenters. The minimum Gasteiger partial charge on any atom is -0.322 e. The van der Waals surface area contributed by atoms with Crippen LogP contribution in [-0.2, 0) is 0 Å². The van der Waals surface area contributed by atoms with Gasteiger partial charge in [-0.1, -0.05) is 34.9 Å². The van der Waals surface area contributed by atoms with Crippen LogP contribution in [0.3, 0.4) is 0 Å². The Balaban J connectivity index is 2.27. The zero-order valence-electron chi connectivity index (χ0n) is 11.3. The Kier molecular flexibility index (Phi) is 4.03. The highest BCUT2D eigenvalue weighted by molar-refractivity contribution is 6.04. The molecule has 0 aliphatic carbocycles. The molecule has 0 saturated carbocycles. The molecule has 0 fully saturated rings. The first-order chi connectivity index (χ1) is 9.60. The van der Waals surface area contributed by atoms with Gasteiger partial charge in [0, 0.05) is 21.8 Å². The first-order valence-electron chi connectivity index (χ1n) is 6.14. The van der Waals surface area contributed by atoms with E-state index in [0.29, 0.717) is 16.9 Å². The standard InChI is InChI=1S/C15H14N4O/c1-10-4-3-5-12(8-10)15(20)17-14-9-13(18-19-16)7-6-11(14)2/h3-9H,1-2H3,(H,17,20). The highest BCUT2D eigenvalue weighted by Crippen LogP contribution is 2.23. The molecule has 0 radical (unpaired) electrons. The van der Waals surface area contributed by atoms with Crippen LogP contribution in [0.15, 0.2) is 47.6 Å². The molecule has 5 nitrogen and oxygen atoms in total. The van der Waals surface area contributed by atoms with E-state index in [9.17, 15) is 4.79 Å². The van der Waals surface area contributed by atoms with Crippen LogP contribution in [0.1, 0.15) is 21.5 Å². The van der Waals surface area contributed by atoms with Crippen LogP contribution in [0.2, 0.25) is 0 Å². The van der Waals surface area contributed by atoms with Gasteiger partial charge in [0.2, 0.25) is 0 Å². The normalized spacial score (nSPS) is 9.70. The van der Waals surface area contributed by atoms with Gasteiger partial charge in [0.1, 0.15) is 0 Å². The molecule has 20 heavy (non-hydrogen) atoms. The van der Waals surface area contributed by atoms with Crippen molar-refractivity contribution in [2.24, 2.45) is 5.11 Å². The number of carbonyl (C=O) groups excluding carboxylic acids is 1. The fourth-order valence-electron chi connectivity index (χ4n) is 1.84. The smallest absolute Gasteiger partial charge is 0.255 e. The summed E-state index contributed by atoms with van der Waals surface area (Å²) >= 11 is 0. The third-order valence-electron chi connectivity index (χ3n) is 2.91. The molecule has 2 aromatic rings. The summed E-state index contributed by atoms with van der Waals surface area (Å²) < 4.78 is 0. The molecule has 0 bridgehead atoms. The van der Waals surface area contributed by atoms with Gasteiger partial charge in [-0.2, -0.15) is 0 Å². The van der Waals surface area contributed by atoms with Crippen molar-refractivity contribution in [3.05, 3.63) is 69.6 Å². The van der Waals surface area contributed by atoms with Gasteiger partial charge in [0.25, 0.3) is 5.91 Å². The van der Waals surface area contributed by atoms with E-state index < -0.39 is 0 Å². The van der Waals surface area contributed by atoms with Crippen molar-refractivity contribution in [1.82, 2.24) is 0 Å². The molecule has 0 aromatic heterocycles. The van der Waals surface area contributed by atoms with Crippen LogP contribution in [0.4, 0.5) is 11.4 Å². The Morgan fingerprint density at radius 1 is 1.20 bits per heavy atom. The lowest BCUT2D eigenvalue weighted by Gasteiger charge is -2.09. The molecular formula is C15H14N4O. The number of nitrogens with zero attached hydrogens (tertiary/aromatic N) is 3. The van der Waals surface area contributed by atoms with Crippen LogP contribution in [0.5, 0.6) is 0 Å². The van der Waals surface area contributed by atoms with Gasteiger partial charge in [-0.25, -0.2) is 0 Å². The molecule has 2 rings (SSSR count). The molecule has 1 N–H and O–H groups in total. The Morgan fingerprint density at radius 2 is 2.00 bits per heavy atom. The highest BCUT2D eigenvalue weighted by atomic mass is 16.1.